The molecule has 1 amide bonds. The molecule has 1 aliphatic heterocycles. The minimum atomic E-state index is -0.427. The molecule has 0 atom stereocenters. The summed E-state index contributed by atoms with van der Waals surface area (Å²) in [6, 6.07) is 21.5. The predicted molar refractivity (Wildman–Crippen MR) is 112 cm³/mol. The van der Waals surface area contributed by atoms with Crippen LogP contribution in [0, 0.1) is 0 Å². The monoisotopic (exact) mass is 415 g/mol. The highest BCUT2D eigenvalue weighted by molar-refractivity contribution is 6.05. The smallest absolute Gasteiger partial charge is 0.322 e. The van der Waals surface area contributed by atoms with E-state index in [1.807, 2.05) is 30.3 Å². The van der Waals surface area contributed by atoms with Crippen LogP contribution in [-0.2, 0) is 0 Å². The molecule has 154 valence electrons. The lowest BCUT2D eigenvalue weighted by atomic mass is 10.2. The number of benzene rings is 3. The third-order valence-electron chi connectivity index (χ3n) is 4.54. The lowest BCUT2D eigenvalue weighted by Crippen LogP contribution is -2.15. The van der Waals surface area contributed by atoms with Gasteiger partial charge in [0, 0.05) is 5.56 Å². The summed E-state index contributed by atoms with van der Waals surface area (Å²) >= 11 is 0. The van der Waals surface area contributed by atoms with E-state index < -0.39 is 5.91 Å². The van der Waals surface area contributed by atoms with Crippen LogP contribution < -0.4 is 19.5 Å². The van der Waals surface area contributed by atoms with Crippen LogP contribution in [0.15, 0.2) is 77.2 Å². The first-order chi connectivity index (χ1) is 15.3. The predicted octanol–water partition coefficient (Wildman–Crippen LogP) is 4.55. The Bertz CT molecular complexity index is 1220. The van der Waals surface area contributed by atoms with Gasteiger partial charge in [0.2, 0.25) is 5.89 Å². The van der Waals surface area contributed by atoms with Crippen LogP contribution in [-0.4, -0.2) is 29.3 Å². The van der Waals surface area contributed by atoms with E-state index in [9.17, 15) is 4.79 Å². The van der Waals surface area contributed by atoms with Gasteiger partial charge in [0.05, 0.1) is 5.56 Å². The molecule has 1 N–H and O–H groups in total. The van der Waals surface area contributed by atoms with E-state index in [4.69, 9.17) is 18.6 Å². The van der Waals surface area contributed by atoms with Crippen LogP contribution in [0.25, 0.3) is 11.5 Å². The molecule has 0 aliphatic carbocycles. The summed E-state index contributed by atoms with van der Waals surface area (Å²) < 4.78 is 22.6. The lowest BCUT2D eigenvalue weighted by Gasteiger charge is -2.18. The highest BCUT2D eigenvalue weighted by Crippen LogP contribution is 2.34. The first-order valence-corrected chi connectivity index (χ1v) is 9.63. The number of nitrogens with zero attached hydrogens (tertiary/aromatic N) is 2. The second-order valence-electron chi connectivity index (χ2n) is 6.64. The Morgan fingerprint density at radius 2 is 1.65 bits per heavy atom. The van der Waals surface area contributed by atoms with Crippen molar-refractivity contribution < 1.29 is 23.4 Å². The van der Waals surface area contributed by atoms with Gasteiger partial charge >= 0.3 is 6.01 Å². The molecule has 0 fully saturated rings. The van der Waals surface area contributed by atoms with E-state index in [2.05, 4.69) is 15.5 Å². The van der Waals surface area contributed by atoms with E-state index in [1.165, 1.54) is 0 Å². The van der Waals surface area contributed by atoms with Gasteiger partial charge in [0.15, 0.2) is 11.5 Å². The van der Waals surface area contributed by atoms with E-state index >= 15 is 0 Å². The first kappa shape index (κ1) is 18.7. The standard InChI is InChI=1S/C23H17N3O5/c27-21(17-8-4-5-9-18(17)30-16-6-2-1-3-7-16)24-23-26-25-22(31-23)15-10-11-19-20(14-15)29-13-12-28-19/h1-11,14H,12-13H2,(H,24,26,27). The Hall–Kier alpha value is -4.33. The van der Waals surface area contributed by atoms with Gasteiger partial charge in [-0.05, 0) is 42.5 Å². The highest BCUT2D eigenvalue weighted by atomic mass is 16.6. The number of carbonyl (C=O) groups excluding carboxylic acids is 1. The fourth-order valence-electron chi connectivity index (χ4n) is 3.09. The Morgan fingerprint density at radius 3 is 2.52 bits per heavy atom. The van der Waals surface area contributed by atoms with E-state index in [-0.39, 0.29) is 11.9 Å². The van der Waals surface area contributed by atoms with E-state index in [0.717, 1.165) is 0 Å². The van der Waals surface area contributed by atoms with Gasteiger partial charge in [-0.15, -0.1) is 5.10 Å². The van der Waals surface area contributed by atoms with Gasteiger partial charge in [-0.2, -0.15) is 0 Å². The molecule has 0 bridgehead atoms. The molecule has 3 aromatic carbocycles. The van der Waals surface area contributed by atoms with Crippen molar-refractivity contribution in [2.24, 2.45) is 0 Å². The number of aromatic nitrogens is 2. The summed E-state index contributed by atoms with van der Waals surface area (Å²) in [4.78, 5) is 12.8. The quantitative estimate of drug-likeness (QED) is 0.511. The molecule has 4 aromatic rings. The van der Waals surface area contributed by atoms with Crippen LogP contribution in [0.4, 0.5) is 6.01 Å². The third-order valence-corrected chi connectivity index (χ3v) is 4.54. The van der Waals surface area contributed by atoms with E-state index in [1.54, 1.807) is 42.5 Å². The number of hydrogen-bond donors (Lipinski definition) is 1. The minimum absolute atomic E-state index is 0.0237. The van der Waals surface area contributed by atoms with Crippen molar-refractivity contribution in [1.82, 2.24) is 10.2 Å². The number of nitrogens with one attached hydrogen (secondary N) is 1. The molecule has 2 heterocycles. The number of para-hydroxylation sites is 2. The Balaban J connectivity index is 1.34. The van der Waals surface area contributed by atoms with Gasteiger partial charge in [-0.3, -0.25) is 10.1 Å². The minimum Gasteiger partial charge on any atom is -0.486 e. The van der Waals surface area contributed by atoms with Crippen molar-refractivity contribution in [3.8, 4) is 34.5 Å². The number of amides is 1. The topological polar surface area (TPSA) is 95.7 Å². The SMILES string of the molecule is O=C(Nc1nnc(-c2ccc3c(c2)OCCO3)o1)c1ccccc1Oc1ccccc1. The summed E-state index contributed by atoms with van der Waals surface area (Å²) in [7, 11) is 0. The average molecular weight is 415 g/mol. The molecule has 0 radical (unpaired) electrons. The van der Waals surface area contributed by atoms with Gasteiger partial charge in [0.25, 0.3) is 5.91 Å². The number of rotatable bonds is 5. The molecule has 8 nitrogen and oxygen atoms in total. The maximum Gasteiger partial charge on any atom is 0.322 e. The summed E-state index contributed by atoms with van der Waals surface area (Å²) in [6.45, 7) is 0.991. The molecule has 1 aliphatic rings. The van der Waals surface area contributed by atoms with Crippen molar-refractivity contribution >= 4 is 11.9 Å². The fourth-order valence-corrected chi connectivity index (χ4v) is 3.09. The Kier molecular flexibility index (Phi) is 4.94. The van der Waals surface area contributed by atoms with Crippen molar-refractivity contribution in [2.75, 3.05) is 18.5 Å². The number of anilines is 1. The van der Waals surface area contributed by atoms with Crippen LogP contribution in [0.5, 0.6) is 23.0 Å². The zero-order valence-electron chi connectivity index (χ0n) is 16.3. The highest BCUT2D eigenvalue weighted by Gasteiger charge is 2.18. The van der Waals surface area contributed by atoms with Crippen LogP contribution >= 0.6 is 0 Å². The molecular weight excluding hydrogens is 398 g/mol. The molecule has 8 heteroatoms. The van der Waals surface area contributed by atoms with Gasteiger partial charge in [-0.25, -0.2) is 0 Å². The van der Waals surface area contributed by atoms with Crippen LogP contribution in [0.3, 0.4) is 0 Å². The second-order valence-corrected chi connectivity index (χ2v) is 6.64. The molecule has 0 spiro atoms. The zero-order chi connectivity index (χ0) is 21.0. The molecule has 0 unspecified atom stereocenters. The van der Waals surface area contributed by atoms with Gasteiger partial charge < -0.3 is 18.6 Å². The number of carbonyl (C=O) groups is 1. The maximum atomic E-state index is 12.8. The first-order valence-electron chi connectivity index (χ1n) is 9.63. The van der Waals surface area contributed by atoms with Gasteiger partial charge in [-0.1, -0.05) is 35.4 Å². The molecule has 1 aromatic heterocycles. The van der Waals surface area contributed by atoms with Crippen LogP contribution in [0.1, 0.15) is 10.4 Å². The fraction of sp³-hybridized carbons (Fsp3) is 0.0870. The molecule has 5 rings (SSSR count). The molecule has 0 saturated carbocycles. The third kappa shape index (κ3) is 4.04. The van der Waals surface area contributed by atoms with Crippen molar-refractivity contribution in [2.45, 2.75) is 0 Å². The Morgan fingerprint density at radius 1 is 0.871 bits per heavy atom. The van der Waals surface area contributed by atoms with Crippen molar-refractivity contribution in [3.63, 3.8) is 0 Å². The van der Waals surface area contributed by atoms with Crippen LogP contribution in [0.2, 0.25) is 0 Å². The maximum absolute atomic E-state index is 12.8. The average Bonchev–Trinajstić information content (AvgIpc) is 3.28. The summed E-state index contributed by atoms with van der Waals surface area (Å²) in [5.41, 5.74) is 0.996. The molecular formula is C23H17N3O5. The summed E-state index contributed by atoms with van der Waals surface area (Å²) in [5.74, 6) is 2.14. The zero-order valence-corrected chi connectivity index (χ0v) is 16.3. The second kappa shape index (κ2) is 8.19. The molecule has 31 heavy (non-hydrogen) atoms. The van der Waals surface area contributed by atoms with Gasteiger partial charge in [0.1, 0.15) is 24.7 Å². The normalized spacial score (nSPS) is 12.3. The largest absolute Gasteiger partial charge is 0.486 e. The van der Waals surface area contributed by atoms with E-state index in [0.29, 0.717) is 47.3 Å². The molecule has 0 saturated heterocycles. The van der Waals surface area contributed by atoms with Crippen molar-refractivity contribution in [3.05, 3.63) is 78.4 Å². The summed E-state index contributed by atoms with van der Waals surface area (Å²) in [5, 5.41) is 10.6. The summed E-state index contributed by atoms with van der Waals surface area (Å²) in [6.07, 6.45) is 0. The van der Waals surface area contributed by atoms with Crippen molar-refractivity contribution in [1.29, 1.82) is 0 Å². The lowest BCUT2D eigenvalue weighted by molar-refractivity contribution is 0.102. The Labute approximate surface area is 177 Å². The number of hydrogen-bond acceptors (Lipinski definition) is 7. The number of ether oxygens (including phenoxy) is 3. The number of fused-ring (bicyclic) bond motifs is 1.